The first kappa shape index (κ1) is 21.9. The lowest BCUT2D eigenvalue weighted by Crippen LogP contribution is -2.48. The van der Waals surface area contributed by atoms with Crippen LogP contribution >= 0.6 is 11.6 Å². The van der Waals surface area contributed by atoms with E-state index in [1.54, 1.807) is 25.1 Å². The fourth-order valence-electron chi connectivity index (χ4n) is 2.81. The topological polar surface area (TPSA) is 49.4 Å². The van der Waals surface area contributed by atoms with Crippen molar-refractivity contribution in [2.45, 2.75) is 45.7 Å². The molecule has 0 aliphatic heterocycles. The molecular weight excluding hydrogens is 379 g/mol. The lowest BCUT2D eigenvalue weighted by molar-refractivity contribution is -0.140. The standard InChI is InChI=1S/C22H26ClFN2O2/c1-3-4-13-25-22(28)16(2)26(15-18-7-5-6-8-20(18)23)21(27)14-17-9-11-19(24)12-10-17/h5-12,16H,3-4,13-15H2,1-2H3,(H,25,28)/t16-/m0/s1. The molecular formula is C22H26ClFN2O2. The summed E-state index contributed by atoms with van der Waals surface area (Å²) in [5.41, 5.74) is 1.46. The molecule has 0 saturated heterocycles. The molecule has 150 valence electrons. The van der Waals surface area contributed by atoms with Gasteiger partial charge in [-0.3, -0.25) is 9.59 Å². The number of rotatable bonds is 9. The summed E-state index contributed by atoms with van der Waals surface area (Å²) in [4.78, 5) is 27.1. The Hall–Kier alpha value is -2.40. The van der Waals surface area contributed by atoms with E-state index in [1.165, 1.54) is 17.0 Å². The van der Waals surface area contributed by atoms with Crippen molar-refractivity contribution in [3.8, 4) is 0 Å². The van der Waals surface area contributed by atoms with Crippen molar-refractivity contribution in [1.82, 2.24) is 10.2 Å². The van der Waals surface area contributed by atoms with Gasteiger partial charge >= 0.3 is 0 Å². The van der Waals surface area contributed by atoms with E-state index in [0.717, 1.165) is 18.4 Å². The number of unbranched alkanes of at least 4 members (excludes halogenated alkanes) is 1. The summed E-state index contributed by atoms with van der Waals surface area (Å²) < 4.78 is 13.1. The number of hydrogen-bond donors (Lipinski definition) is 1. The molecule has 1 N–H and O–H groups in total. The number of carbonyl (C=O) groups excluding carboxylic acids is 2. The maximum absolute atomic E-state index is 13.1. The van der Waals surface area contributed by atoms with E-state index in [4.69, 9.17) is 11.6 Å². The van der Waals surface area contributed by atoms with Gasteiger partial charge < -0.3 is 10.2 Å². The minimum Gasteiger partial charge on any atom is -0.354 e. The van der Waals surface area contributed by atoms with Crippen molar-refractivity contribution in [2.24, 2.45) is 0 Å². The summed E-state index contributed by atoms with van der Waals surface area (Å²) >= 11 is 6.26. The van der Waals surface area contributed by atoms with Crippen LogP contribution < -0.4 is 5.32 Å². The minimum atomic E-state index is -0.652. The molecule has 0 aromatic heterocycles. The van der Waals surface area contributed by atoms with E-state index < -0.39 is 6.04 Å². The normalized spacial score (nSPS) is 11.7. The maximum Gasteiger partial charge on any atom is 0.242 e. The Kier molecular flexibility index (Phi) is 8.45. The predicted octanol–water partition coefficient (Wildman–Crippen LogP) is 4.36. The number of halogens is 2. The number of nitrogens with zero attached hydrogens (tertiary/aromatic N) is 1. The molecule has 0 saturated carbocycles. The number of amides is 2. The van der Waals surface area contributed by atoms with Gasteiger partial charge in [0.25, 0.3) is 0 Å². The molecule has 2 aromatic rings. The fourth-order valence-corrected chi connectivity index (χ4v) is 3.00. The van der Waals surface area contributed by atoms with Gasteiger partial charge in [0, 0.05) is 18.1 Å². The van der Waals surface area contributed by atoms with Crippen molar-refractivity contribution in [2.75, 3.05) is 6.54 Å². The Morgan fingerprint density at radius 2 is 1.82 bits per heavy atom. The van der Waals surface area contributed by atoms with Gasteiger partial charge in [-0.1, -0.05) is 55.3 Å². The Morgan fingerprint density at radius 1 is 1.14 bits per heavy atom. The highest BCUT2D eigenvalue weighted by atomic mass is 35.5. The van der Waals surface area contributed by atoms with Gasteiger partial charge in [0.2, 0.25) is 11.8 Å². The second-order valence-corrected chi connectivity index (χ2v) is 7.14. The van der Waals surface area contributed by atoms with Crippen LogP contribution in [0.4, 0.5) is 4.39 Å². The van der Waals surface area contributed by atoms with Crippen LogP contribution in [-0.4, -0.2) is 29.3 Å². The number of nitrogens with one attached hydrogen (secondary N) is 1. The summed E-state index contributed by atoms with van der Waals surface area (Å²) in [7, 11) is 0. The van der Waals surface area contributed by atoms with Crippen LogP contribution in [0.5, 0.6) is 0 Å². The van der Waals surface area contributed by atoms with Gasteiger partial charge in [0.05, 0.1) is 6.42 Å². The van der Waals surface area contributed by atoms with E-state index in [9.17, 15) is 14.0 Å². The van der Waals surface area contributed by atoms with Crippen LogP contribution in [0, 0.1) is 5.82 Å². The third kappa shape index (κ3) is 6.34. The van der Waals surface area contributed by atoms with Gasteiger partial charge in [0.15, 0.2) is 0 Å². The zero-order valence-electron chi connectivity index (χ0n) is 16.3. The van der Waals surface area contributed by atoms with E-state index in [-0.39, 0.29) is 30.6 Å². The van der Waals surface area contributed by atoms with Crippen LogP contribution in [-0.2, 0) is 22.6 Å². The first-order valence-corrected chi connectivity index (χ1v) is 9.85. The highest BCUT2D eigenvalue weighted by Gasteiger charge is 2.26. The van der Waals surface area contributed by atoms with Gasteiger partial charge in [-0.15, -0.1) is 0 Å². The van der Waals surface area contributed by atoms with Crippen LogP contribution in [0.15, 0.2) is 48.5 Å². The first-order valence-electron chi connectivity index (χ1n) is 9.47. The SMILES string of the molecule is CCCCNC(=O)[C@H](C)N(Cc1ccccc1Cl)C(=O)Cc1ccc(F)cc1. The molecule has 2 amide bonds. The minimum absolute atomic E-state index is 0.0807. The van der Waals surface area contributed by atoms with Gasteiger partial charge in [-0.2, -0.15) is 0 Å². The molecule has 0 fully saturated rings. The largest absolute Gasteiger partial charge is 0.354 e. The molecule has 2 rings (SSSR count). The Morgan fingerprint density at radius 3 is 2.46 bits per heavy atom. The van der Waals surface area contributed by atoms with Crippen molar-refractivity contribution in [1.29, 1.82) is 0 Å². The van der Waals surface area contributed by atoms with E-state index >= 15 is 0 Å². The molecule has 6 heteroatoms. The molecule has 0 bridgehead atoms. The fraction of sp³-hybridized carbons (Fsp3) is 0.364. The van der Waals surface area contributed by atoms with Crippen LogP contribution in [0.3, 0.4) is 0 Å². The monoisotopic (exact) mass is 404 g/mol. The third-order valence-corrected chi connectivity index (χ3v) is 4.93. The number of hydrogen-bond acceptors (Lipinski definition) is 2. The lowest BCUT2D eigenvalue weighted by atomic mass is 10.1. The Labute approximate surface area is 170 Å². The van der Waals surface area contributed by atoms with Crippen molar-refractivity contribution >= 4 is 23.4 Å². The highest BCUT2D eigenvalue weighted by Crippen LogP contribution is 2.19. The predicted molar refractivity (Wildman–Crippen MR) is 109 cm³/mol. The van der Waals surface area contributed by atoms with Crippen molar-refractivity contribution in [3.63, 3.8) is 0 Å². The quantitative estimate of drug-likeness (QED) is 0.631. The average molecular weight is 405 g/mol. The molecule has 0 aliphatic carbocycles. The number of carbonyl (C=O) groups is 2. The van der Waals surface area contributed by atoms with E-state index in [2.05, 4.69) is 5.32 Å². The summed E-state index contributed by atoms with van der Waals surface area (Å²) in [6.07, 6.45) is 1.94. The molecule has 0 spiro atoms. The van der Waals surface area contributed by atoms with Gasteiger partial charge in [-0.05, 0) is 42.7 Å². The second-order valence-electron chi connectivity index (χ2n) is 6.74. The molecule has 4 nitrogen and oxygen atoms in total. The summed E-state index contributed by atoms with van der Waals surface area (Å²) in [5, 5.41) is 3.42. The summed E-state index contributed by atoms with van der Waals surface area (Å²) in [5.74, 6) is -0.773. The molecule has 0 radical (unpaired) electrons. The zero-order valence-corrected chi connectivity index (χ0v) is 17.0. The van der Waals surface area contributed by atoms with Gasteiger partial charge in [-0.25, -0.2) is 4.39 Å². The van der Waals surface area contributed by atoms with E-state index in [0.29, 0.717) is 17.1 Å². The molecule has 1 atom stereocenters. The van der Waals surface area contributed by atoms with Gasteiger partial charge in [0.1, 0.15) is 11.9 Å². The Balaban J connectivity index is 2.19. The van der Waals surface area contributed by atoms with Crippen LogP contribution in [0.2, 0.25) is 5.02 Å². The van der Waals surface area contributed by atoms with Crippen molar-refractivity contribution < 1.29 is 14.0 Å². The van der Waals surface area contributed by atoms with E-state index in [1.807, 2.05) is 25.1 Å². The average Bonchev–Trinajstić information content (AvgIpc) is 2.68. The summed E-state index contributed by atoms with van der Waals surface area (Å²) in [6.45, 7) is 4.56. The molecule has 2 aromatic carbocycles. The molecule has 0 aliphatic rings. The third-order valence-electron chi connectivity index (χ3n) is 4.56. The second kappa shape index (κ2) is 10.8. The zero-order chi connectivity index (χ0) is 20.5. The van der Waals surface area contributed by atoms with Crippen molar-refractivity contribution in [3.05, 3.63) is 70.5 Å². The molecule has 28 heavy (non-hydrogen) atoms. The number of benzene rings is 2. The maximum atomic E-state index is 13.1. The van der Waals surface area contributed by atoms with Crippen LogP contribution in [0.1, 0.15) is 37.8 Å². The Bertz CT molecular complexity index is 795. The highest BCUT2D eigenvalue weighted by molar-refractivity contribution is 6.31. The molecule has 0 unspecified atom stereocenters. The smallest absolute Gasteiger partial charge is 0.242 e. The lowest BCUT2D eigenvalue weighted by Gasteiger charge is -2.29. The van der Waals surface area contributed by atoms with Crippen LogP contribution in [0.25, 0.3) is 0 Å². The molecule has 0 heterocycles. The summed E-state index contributed by atoms with van der Waals surface area (Å²) in [6, 6.07) is 12.4. The first-order chi connectivity index (χ1) is 13.4.